The lowest BCUT2D eigenvalue weighted by molar-refractivity contribution is -0.138. The molecule has 1 rings (SSSR count). The summed E-state index contributed by atoms with van der Waals surface area (Å²) >= 11 is -0.143. The predicted octanol–water partition coefficient (Wildman–Crippen LogP) is 3.98. The molecule has 0 spiro atoms. The van der Waals surface area contributed by atoms with Crippen molar-refractivity contribution in [2.45, 2.75) is 43.3 Å². The maximum absolute atomic E-state index is 12.2. The van der Waals surface area contributed by atoms with Gasteiger partial charge in [-0.25, -0.2) is 0 Å². The molecular weight excluding hydrogens is 303 g/mol. The molecule has 1 aromatic rings. The summed E-state index contributed by atoms with van der Waals surface area (Å²) in [5.74, 6) is -0.863. The third-order valence-electron chi connectivity index (χ3n) is 3.04. The van der Waals surface area contributed by atoms with E-state index in [9.17, 15) is 18.0 Å². The van der Waals surface area contributed by atoms with Crippen LogP contribution in [0.25, 0.3) is 0 Å². The number of aliphatic carboxylic acids is 1. The summed E-state index contributed by atoms with van der Waals surface area (Å²) in [5, 5.41) is 8.80. The lowest BCUT2D eigenvalue weighted by Gasteiger charge is -2.26. The van der Waals surface area contributed by atoms with E-state index in [1.807, 2.05) is 18.7 Å². The van der Waals surface area contributed by atoms with Gasteiger partial charge in [0, 0.05) is 17.5 Å². The van der Waals surface area contributed by atoms with Crippen LogP contribution < -0.4 is 0 Å². The van der Waals surface area contributed by atoms with E-state index in [-0.39, 0.29) is 29.1 Å². The Morgan fingerprint density at radius 2 is 1.90 bits per heavy atom. The Morgan fingerprint density at radius 3 is 2.33 bits per heavy atom. The summed E-state index contributed by atoms with van der Waals surface area (Å²) in [6.45, 7) is 4.94. The third-order valence-corrected chi connectivity index (χ3v) is 3.78. The molecule has 1 atom stereocenters. The van der Waals surface area contributed by atoms with Crippen LogP contribution in [0.3, 0.4) is 0 Å². The highest BCUT2D eigenvalue weighted by molar-refractivity contribution is 8.00. The van der Waals surface area contributed by atoms with Crippen LogP contribution in [-0.4, -0.2) is 34.1 Å². The standard InChI is InChI=1S/C14H18F3NO2S/c1-3-18(10(2)8-13(19)20)9-11-4-6-12(7-5-11)21-14(15,16)17/h4-7,10H,3,8-9H2,1-2H3,(H,19,20). The summed E-state index contributed by atoms with van der Waals surface area (Å²) in [5.41, 5.74) is -3.42. The number of carbonyl (C=O) groups is 1. The van der Waals surface area contributed by atoms with E-state index in [1.54, 1.807) is 12.1 Å². The van der Waals surface area contributed by atoms with Crippen molar-refractivity contribution in [2.75, 3.05) is 6.54 Å². The van der Waals surface area contributed by atoms with Gasteiger partial charge in [-0.1, -0.05) is 19.1 Å². The first-order valence-corrected chi connectivity index (χ1v) is 7.33. The first kappa shape index (κ1) is 17.8. The van der Waals surface area contributed by atoms with E-state index in [0.717, 1.165) is 5.56 Å². The molecule has 1 aromatic carbocycles. The summed E-state index contributed by atoms with van der Waals surface area (Å²) in [6, 6.07) is 6.03. The number of benzene rings is 1. The quantitative estimate of drug-likeness (QED) is 0.771. The number of thioether (sulfide) groups is 1. The first-order chi connectivity index (χ1) is 9.71. The summed E-state index contributed by atoms with van der Waals surface area (Å²) < 4.78 is 36.7. The predicted molar refractivity (Wildman–Crippen MR) is 76.2 cm³/mol. The zero-order valence-corrected chi connectivity index (χ0v) is 12.7. The summed E-state index contributed by atoms with van der Waals surface area (Å²) in [7, 11) is 0. The van der Waals surface area contributed by atoms with Crippen molar-refractivity contribution < 1.29 is 23.1 Å². The van der Waals surface area contributed by atoms with Gasteiger partial charge < -0.3 is 5.11 Å². The second kappa shape index (κ2) is 7.70. The van der Waals surface area contributed by atoms with Crippen molar-refractivity contribution in [3.8, 4) is 0 Å². The van der Waals surface area contributed by atoms with Crippen LogP contribution in [0, 0.1) is 0 Å². The fraction of sp³-hybridized carbons (Fsp3) is 0.500. The van der Waals surface area contributed by atoms with E-state index in [1.165, 1.54) is 12.1 Å². The number of halogens is 3. The van der Waals surface area contributed by atoms with Crippen LogP contribution in [0.1, 0.15) is 25.8 Å². The van der Waals surface area contributed by atoms with Crippen molar-refractivity contribution in [3.63, 3.8) is 0 Å². The Bertz CT molecular complexity index is 462. The van der Waals surface area contributed by atoms with Gasteiger partial charge in [0.15, 0.2) is 0 Å². The Balaban J connectivity index is 2.67. The number of nitrogens with zero attached hydrogens (tertiary/aromatic N) is 1. The number of hydrogen-bond acceptors (Lipinski definition) is 3. The monoisotopic (exact) mass is 321 g/mol. The average Bonchev–Trinajstić information content (AvgIpc) is 2.35. The van der Waals surface area contributed by atoms with Gasteiger partial charge in [-0.15, -0.1) is 0 Å². The first-order valence-electron chi connectivity index (χ1n) is 6.51. The van der Waals surface area contributed by atoms with Crippen LogP contribution in [0.4, 0.5) is 13.2 Å². The van der Waals surface area contributed by atoms with E-state index >= 15 is 0 Å². The van der Waals surface area contributed by atoms with Crippen LogP contribution in [0.15, 0.2) is 29.2 Å². The van der Waals surface area contributed by atoms with Gasteiger partial charge in [0.2, 0.25) is 0 Å². The molecule has 0 bridgehead atoms. The maximum atomic E-state index is 12.2. The van der Waals surface area contributed by atoms with Gasteiger partial charge in [0.1, 0.15) is 0 Å². The van der Waals surface area contributed by atoms with Crippen LogP contribution in [0.5, 0.6) is 0 Å². The highest BCUT2D eigenvalue weighted by Crippen LogP contribution is 2.36. The van der Waals surface area contributed by atoms with E-state index in [4.69, 9.17) is 5.11 Å². The van der Waals surface area contributed by atoms with Gasteiger partial charge >= 0.3 is 11.5 Å². The zero-order valence-electron chi connectivity index (χ0n) is 11.9. The van der Waals surface area contributed by atoms with Gasteiger partial charge in [-0.2, -0.15) is 13.2 Å². The zero-order chi connectivity index (χ0) is 16.0. The highest BCUT2D eigenvalue weighted by Gasteiger charge is 2.29. The van der Waals surface area contributed by atoms with Gasteiger partial charge in [0.05, 0.1) is 6.42 Å². The minimum Gasteiger partial charge on any atom is -0.481 e. The normalized spacial score (nSPS) is 13.4. The molecular formula is C14H18F3NO2S. The molecule has 21 heavy (non-hydrogen) atoms. The SMILES string of the molecule is CCN(Cc1ccc(SC(F)(F)F)cc1)C(C)CC(=O)O. The Morgan fingerprint density at radius 1 is 1.33 bits per heavy atom. The van der Waals surface area contributed by atoms with Gasteiger partial charge in [0.25, 0.3) is 0 Å². The maximum Gasteiger partial charge on any atom is 0.446 e. The van der Waals surface area contributed by atoms with Crippen molar-refractivity contribution >= 4 is 17.7 Å². The van der Waals surface area contributed by atoms with Crippen LogP contribution >= 0.6 is 11.8 Å². The molecule has 1 unspecified atom stereocenters. The molecule has 0 aliphatic heterocycles. The minimum absolute atomic E-state index is 0.0375. The fourth-order valence-electron chi connectivity index (χ4n) is 1.99. The topological polar surface area (TPSA) is 40.5 Å². The number of hydrogen-bond donors (Lipinski definition) is 1. The van der Waals surface area contributed by atoms with Crippen LogP contribution in [-0.2, 0) is 11.3 Å². The largest absolute Gasteiger partial charge is 0.481 e. The van der Waals surface area contributed by atoms with Crippen molar-refractivity contribution in [2.24, 2.45) is 0 Å². The molecule has 0 heterocycles. The fourth-order valence-corrected chi connectivity index (χ4v) is 2.53. The number of carboxylic acids is 1. The molecule has 7 heteroatoms. The molecule has 0 aromatic heterocycles. The molecule has 0 fully saturated rings. The van der Waals surface area contributed by atoms with E-state index in [0.29, 0.717) is 13.1 Å². The van der Waals surface area contributed by atoms with E-state index < -0.39 is 11.5 Å². The van der Waals surface area contributed by atoms with Gasteiger partial charge in [-0.05, 0) is 42.9 Å². The molecule has 0 saturated carbocycles. The Labute approximate surface area is 126 Å². The van der Waals surface area contributed by atoms with Crippen molar-refractivity contribution in [3.05, 3.63) is 29.8 Å². The number of carboxylic acid groups (broad SMARTS) is 1. The summed E-state index contributed by atoms with van der Waals surface area (Å²) in [4.78, 5) is 12.8. The smallest absolute Gasteiger partial charge is 0.446 e. The van der Waals surface area contributed by atoms with Crippen molar-refractivity contribution in [1.82, 2.24) is 4.90 Å². The Kier molecular flexibility index (Phi) is 6.54. The molecule has 0 saturated heterocycles. The molecule has 0 radical (unpaired) electrons. The minimum atomic E-state index is -4.28. The average molecular weight is 321 g/mol. The molecule has 0 aliphatic carbocycles. The lowest BCUT2D eigenvalue weighted by atomic mass is 10.1. The second-order valence-electron chi connectivity index (χ2n) is 4.70. The molecule has 0 aliphatic rings. The third kappa shape index (κ3) is 6.86. The molecule has 0 amide bonds. The Hall–Kier alpha value is -1.21. The molecule has 1 N–H and O–H groups in total. The number of alkyl halides is 3. The van der Waals surface area contributed by atoms with Gasteiger partial charge in [-0.3, -0.25) is 9.69 Å². The van der Waals surface area contributed by atoms with E-state index in [2.05, 4.69) is 0 Å². The highest BCUT2D eigenvalue weighted by atomic mass is 32.2. The molecule has 118 valence electrons. The molecule has 3 nitrogen and oxygen atoms in total. The van der Waals surface area contributed by atoms with Crippen LogP contribution in [0.2, 0.25) is 0 Å². The van der Waals surface area contributed by atoms with Crippen molar-refractivity contribution in [1.29, 1.82) is 0 Å². The second-order valence-corrected chi connectivity index (χ2v) is 5.84. The lowest BCUT2D eigenvalue weighted by Crippen LogP contribution is -2.34. The summed E-state index contributed by atoms with van der Waals surface area (Å²) in [6.07, 6.45) is 0.0375. The number of rotatable bonds is 7.